The van der Waals surface area contributed by atoms with E-state index >= 15 is 0 Å². The lowest BCUT2D eigenvalue weighted by atomic mass is 10.1. The van der Waals surface area contributed by atoms with Gasteiger partial charge in [-0.25, -0.2) is 4.39 Å². The van der Waals surface area contributed by atoms with Crippen molar-refractivity contribution in [2.24, 2.45) is 7.05 Å². The smallest absolute Gasteiger partial charge is 0.227 e. The molecule has 6 nitrogen and oxygen atoms in total. The molecule has 150 valence electrons. The standard InChI is InChI=1S/C22H24FN5O/c1-26-20(14-21(25-26)18-3-2-8-24-15-18)16-27-9-11-28(12-10-27)22(29)13-17-4-6-19(23)7-5-17/h2-8,14-15H,9-13,16H2,1H3. The van der Waals surface area contributed by atoms with E-state index in [0.29, 0.717) is 19.5 Å². The number of carbonyl (C=O) groups excluding carboxylic acids is 1. The van der Waals surface area contributed by atoms with Gasteiger partial charge in [0.05, 0.1) is 17.8 Å². The van der Waals surface area contributed by atoms with Crippen LogP contribution in [-0.2, 0) is 24.8 Å². The first kappa shape index (κ1) is 19.3. The van der Waals surface area contributed by atoms with Crippen LogP contribution in [0.2, 0.25) is 0 Å². The van der Waals surface area contributed by atoms with Crippen LogP contribution in [0.4, 0.5) is 4.39 Å². The van der Waals surface area contributed by atoms with Gasteiger partial charge in [-0.2, -0.15) is 5.10 Å². The summed E-state index contributed by atoms with van der Waals surface area (Å²) in [5.41, 5.74) is 3.90. The van der Waals surface area contributed by atoms with Crippen LogP contribution in [0.3, 0.4) is 0 Å². The van der Waals surface area contributed by atoms with E-state index in [1.807, 2.05) is 35.0 Å². The monoisotopic (exact) mass is 393 g/mol. The Labute approximate surface area is 169 Å². The molecule has 1 amide bonds. The van der Waals surface area contributed by atoms with Crippen LogP contribution in [-0.4, -0.2) is 56.7 Å². The van der Waals surface area contributed by atoms with Crippen LogP contribution in [0.15, 0.2) is 54.9 Å². The van der Waals surface area contributed by atoms with Gasteiger partial charge in [0.2, 0.25) is 5.91 Å². The molecule has 0 bridgehead atoms. The maximum atomic E-state index is 13.0. The third-order valence-corrected chi connectivity index (χ3v) is 5.31. The molecule has 0 aliphatic carbocycles. The summed E-state index contributed by atoms with van der Waals surface area (Å²) in [6.45, 7) is 3.84. The summed E-state index contributed by atoms with van der Waals surface area (Å²) in [5, 5.41) is 4.60. The highest BCUT2D eigenvalue weighted by atomic mass is 19.1. The molecule has 1 fully saturated rings. The van der Waals surface area contributed by atoms with Gasteiger partial charge in [-0.05, 0) is 35.9 Å². The average Bonchev–Trinajstić information content (AvgIpc) is 3.11. The first-order valence-electron chi connectivity index (χ1n) is 9.76. The van der Waals surface area contributed by atoms with Crippen LogP contribution in [0.1, 0.15) is 11.3 Å². The number of hydrogen-bond donors (Lipinski definition) is 0. The molecular formula is C22H24FN5O. The second-order valence-electron chi connectivity index (χ2n) is 7.35. The van der Waals surface area contributed by atoms with Gasteiger partial charge < -0.3 is 4.90 Å². The molecule has 1 aliphatic rings. The molecule has 2 aromatic heterocycles. The van der Waals surface area contributed by atoms with Crippen molar-refractivity contribution in [3.05, 3.63) is 71.9 Å². The SMILES string of the molecule is Cn1nc(-c2cccnc2)cc1CN1CCN(C(=O)Cc2ccc(F)cc2)CC1. The zero-order chi connectivity index (χ0) is 20.2. The Hall–Kier alpha value is -3.06. The summed E-state index contributed by atoms with van der Waals surface area (Å²) in [6, 6.07) is 12.2. The largest absolute Gasteiger partial charge is 0.340 e. The molecule has 3 heterocycles. The highest BCUT2D eigenvalue weighted by Gasteiger charge is 2.22. The van der Waals surface area contributed by atoms with Gasteiger partial charge in [0.25, 0.3) is 0 Å². The van der Waals surface area contributed by atoms with Crippen molar-refractivity contribution in [3.8, 4) is 11.3 Å². The molecule has 0 unspecified atom stereocenters. The summed E-state index contributed by atoms with van der Waals surface area (Å²) < 4.78 is 14.9. The Balaban J connectivity index is 1.31. The van der Waals surface area contributed by atoms with Crippen molar-refractivity contribution in [3.63, 3.8) is 0 Å². The van der Waals surface area contributed by atoms with Crippen molar-refractivity contribution in [2.45, 2.75) is 13.0 Å². The van der Waals surface area contributed by atoms with Crippen LogP contribution in [0.5, 0.6) is 0 Å². The molecular weight excluding hydrogens is 369 g/mol. The zero-order valence-corrected chi connectivity index (χ0v) is 16.5. The first-order valence-corrected chi connectivity index (χ1v) is 9.76. The van der Waals surface area contributed by atoms with Crippen molar-refractivity contribution in [1.82, 2.24) is 24.6 Å². The topological polar surface area (TPSA) is 54.3 Å². The van der Waals surface area contributed by atoms with E-state index in [0.717, 1.165) is 42.1 Å². The second-order valence-corrected chi connectivity index (χ2v) is 7.35. The van der Waals surface area contributed by atoms with Gasteiger partial charge in [-0.15, -0.1) is 0 Å². The maximum Gasteiger partial charge on any atom is 0.227 e. The Morgan fingerprint density at radius 2 is 1.86 bits per heavy atom. The number of pyridine rings is 1. The number of halogens is 1. The molecule has 0 radical (unpaired) electrons. The highest BCUT2D eigenvalue weighted by molar-refractivity contribution is 5.78. The summed E-state index contributed by atoms with van der Waals surface area (Å²) in [6.07, 6.45) is 3.89. The zero-order valence-electron chi connectivity index (χ0n) is 16.5. The van der Waals surface area contributed by atoms with Crippen LogP contribution < -0.4 is 0 Å². The molecule has 0 N–H and O–H groups in total. The lowest BCUT2D eigenvalue weighted by Gasteiger charge is -2.34. The molecule has 29 heavy (non-hydrogen) atoms. The number of piperazine rings is 1. The third-order valence-electron chi connectivity index (χ3n) is 5.31. The van der Waals surface area contributed by atoms with E-state index in [2.05, 4.69) is 21.0 Å². The number of amides is 1. The molecule has 0 spiro atoms. The number of carbonyl (C=O) groups is 1. The number of nitrogens with zero attached hydrogens (tertiary/aromatic N) is 5. The lowest BCUT2D eigenvalue weighted by Crippen LogP contribution is -2.48. The van der Waals surface area contributed by atoms with Crippen molar-refractivity contribution in [2.75, 3.05) is 26.2 Å². The molecule has 0 atom stereocenters. The predicted octanol–water partition coefficient (Wildman–Crippen LogP) is 2.51. The van der Waals surface area contributed by atoms with Crippen molar-refractivity contribution in [1.29, 1.82) is 0 Å². The minimum Gasteiger partial charge on any atom is -0.340 e. The summed E-state index contributed by atoms with van der Waals surface area (Å²) in [7, 11) is 1.96. The fourth-order valence-corrected chi connectivity index (χ4v) is 3.58. The summed E-state index contributed by atoms with van der Waals surface area (Å²) in [4.78, 5) is 20.9. The molecule has 4 rings (SSSR count). The molecule has 1 aliphatic heterocycles. The minimum atomic E-state index is -0.281. The average molecular weight is 393 g/mol. The van der Waals surface area contributed by atoms with Gasteiger partial charge in [0, 0.05) is 57.7 Å². The summed E-state index contributed by atoms with van der Waals surface area (Å²) >= 11 is 0. The number of aryl methyl sites for hydroxylation is 1. The Morgan fingerprint density at radius 1 is 1.10 bits per heavy atom. The van der Waals surface area contributed by atoms with E-state index in [-0.39, 0.29) is 11.7 Å². The number of hydrogen-bond acceptors (Lipinski definition) is 4. The maximum absolute atomic E-state index is 13.0. The van der Waals surface area contributed by atoms with Crippen LogP contribution in [0, 0.1) is 5.82 Å². The molecule has 0 saturated carbocycles. The van der Waals surface area contributed by atoms with E-state index < -0.39 is 0 Å². The number of rotatable bonds is 5. The van der Waals surface area contributed by atoms with Crippen LogP contribution >= 0.6 is 0 Å². The van der Waals surface area contributed by atoms with E-state index in [1.54, 1.807) is 18.3 Å². The molecule has 1 aromatic carbocycles. The fraction of sp³-hybridized carbons (Fsp3) is 0.318. The van der Waals surface area contributed by atoms with E-state index in [1.165, 1.54) is 12.1 Å². The summed E-state index contributed by atoms with van der Waals surface area (Å²) in [5.74, 6) is -0.188. The molecule has 7 heteroatoms. The van der Waals surface area contributed by atoms with E-state index in [9.17, 15) is 9.18 Å². The molecule has 1 saturated heterocycles. The quantitative estimate of drug-likeness (QED) is 0.668. The van der Waals surface area contributed by atoms with Gasteiger partial charge >= 0.3 is 0 Å². The van der Waals surface area contributed by atoms with Crippen molar-refractivity contribution >= 4 is 5.91 Å². The van der Waals surface area contributed by atoms with Gasteiger partial charge in [0.1, 0.15) is 5.82 Å². The van der Waals surface area contributed by atoms with Crippen molar-refractivity contribution < 1.29 is 9.18 Å². The lowest BCUT2D eigenvalue weighted by molar-refractivity contribution is -0.132. The van der Waals surface area contributed by atoms with Gasteiger partial charge in [-0.3, -0.25) is 19.4 Å². The Kier molecular flexibility index (Phi) is 5.67. The van der Waals surface area contributed by atoms with Crippen LogP contribution in [0.25, 0.3) is 11.3 Å². The fourth-order valence-electron chi connectivity index (χ4n) is 3.58. The Bertz CT molecular complexity index is 963. The number of aromatic nitrogens is 3. The van der Waals surface area contributed by atoms with Gasteiger partial charge in [-0.1, -0.05) is 12.1 Å². The normalized spacial score (nSPS) is 14.9. The van der Waals surface area contributed by atoms with Gasteiger partial charge in [0.15, 0.2) is 0 Å². The first-order chi connectivity index (χ1) is 14.1. The second kappa shape index (κ2) is 8.53. The number of benzene rings is 1. The molecule has 3 aromatic rings. The van der Waals surface area contributed by atoms with E-state index in [4.69, 9.17) is 0 Å². The third kappa shape index (κ3) is 4.68. The predicted molar refractivity (Wildman–Crippen MR) is 108 cm³/mol. The minimum absolute atomic E-state index is 0.0932. The Morgan fingerprint density at radius 3 is 2.55 bits per heavy atom. The highest BCUT2D eigenvalue weighted by Crippen LogP contribution is 2.19.